The van der Waals surface area contributed by atoms with E-state index in [1.807, 2.05) is 4.98 Å². The van der Waals surface area contributed by atoms with Crippen LogP contribution in [0.1, 0.15) is 162 Å². The van der Waals surface area contributed by atoms with Gasteiger partial charge in [-0.15, -0.1) is 0 Å². The van der Waals surface area contributed by atoms with Gasteiger partial charge in [0.25, 0.3) is 5.56 Å². The van der Waals surface area contributed by atoms with Gasteiger partial charge in [0.05, 0.1) is 24.3 Å². The molecule has 1 aromatic carbocycles. The second kappa shape index (κ2) is 43.7. The summed E-state index contributed by atoms with van der Waals surface area (Å²) in [7, 11) is 2.73. The van der Waals surface area contributed by atoms with Gasteiger partial charge in [0.1, 0.15) is 86.3 Å². The maximum absolute atomic E-state index is 13.8. The van der Waals surface area contributed by atoms with E-state index in [2.05, 4.69) is 45.7 Å². The molecule has 2 aromatic rings. The maximum atomic E-state index is 13.8. The highest BCUT2D eigenvalue weighted by molar-refractivity contribution is 6.02. The molecule has 4 fully saturated rings. The standard InChI is InChI=1S/C72H112N12O24/c1-40(2)21-16-13-11-9-8-10-12-14-17-23-50(88)79-56-60(95)57(92)47(37-46(86)63-61(96)62(97)68(108-63)84-34-31-51(89)80-70(84)101)106-65(56)64-55(75-42(5)85)59(94)58(93)48(107-64)39-105-72(103)82(7)36-35-81(6)71(102)104-38-43-25-27-44(28-26-43)76-66(98)45(22-20-32-74-69(73)100)77-67(99)54(41(3)4)78-49(87)24-18-15-19-33-83-52(90)29-30-53(83)91/h17,23,25-28,31,34,40-41,45-48,54-65,68,86,92-97H,8-16,18-22,24,29-30,32-33,35-39H2,1-7H3,(H,75,85)(H,76,98)(H,77,99)(H,78,87)(H,79,88)(H3,73,74,100)(H,80,89,101)/b23-17-/t45?,46-,47-,48-,54?,55-,56-,57+,58-,59-,60-,61+,62-,63-,64?,65-,68-/m1/s1. The Labute approximate surface area is 626 Å². The largest absolute Gasteiger partial charge is 0.447 e. The first-order valence-corrected chi connectivity index (χ1v) is 37.2. The van der Waals surface area contributed by atoms with Gasteiger partial charge < -0.3 is 107 Å². The third-order valence-corrected chi connectivity index (χ3v) is 19.4. The quantitative estimate of drug-likeness (QED) is 0.0230. The number of aromatic nitrogens is 2. The van der Waals surface area contributed by atoms with E-state index in [0.717, 1.165) is 72.1 Å². The summed E-state index contributed by atoms with van der Waals surface area (Å²) in [5.41, 5.74) is 4.24. The highest BCUT2D eigenvalue weighted by atomic mass is 16.6. The predicted molar refractivity (Wildman–Crippen MR) is 386 cm³/mol. The van der Waals surface area contributed by atoms with Crippen molar-refractivity contribution in [3.05, 3.63) is 75.1 Å². The van der Waals surface area contributed by atoms with Crippen molar-refractivity contribution in [1.29, 1.82) is 0 Å². The Bertz CT molecular complexity index is 3430. The van der Waals surface area contributed by atoms with Gasteiger partial charge in [-0.1, -0.05) is 97.3 Å². The molecule has 0 aliphatic carbocycles. The molecular formula is C72H112N12O24. The van der Waals surface area contributed by atoms with Crippen LogP contribution >= 0.6 is 0 Å². The minimum atomic E-state index is -1.98. The lowest BCUT2D eigenvalue weighted by Gasteiger charge is -2.51. The summed E-state index contributed by atoms with van der Waals surface area (Å²) in [5.74, 6) is -3.33. The normalized spacial score (nSPS) is 25.1. The molecule has 4 aliphatic rings. The number of carbonyl (C=O) groups is 10. The molecule has 3 unspecified atom stereocenters. The van der Waals surface area contributed by atoms with Crippen molar-refractivity contribution in [2.75, 3.05) is 52.2 Å². The average molecular weight is 1530 g/mol. The number of urea groups is 1. The number of rotatable bonds is 41. The summed E-state index contributed by atoms with van der Waals surface area (Å²) >= 11 is 0. The van der Waals surface area contributed by atoms with Crippen molar-refractivity contribution in [2.24, 2.45) is 17.6 Å². The fraction of sp³-hybridized carbons (Fsp3) is 0.694. The monoisotopic (exact) mass is 1530 g/mol. The molecule has 6 rings (SSSR count). The number of likely N-dealkylation sites (tertiary alicyclic amines) is 1. The highest BCUT2D eigenvalue weighted by Crippen LogP contribution is 2.37. The molecule has 0 bridgehead atoms. The van der Waals surface area contributed by atoms with Crippen LogP contribution in [-0.4, -0.2) is 264 Å². The van der Waals surface area contributed by atoms with Gasteiger partial charge in [-0.25, -0.2) is 19.2 Å². The number of hydrogen-bond donors (Lipinski definition) is 15. The van der Waals surface area contributed by atoms with Crippen molar-refractivity contribution in [1.82, 2.24) is 50.8 Å². The van der Waals surface area contributed by atoms with E-state index in [0.29, 0.717) is 42.9 Å². The zero-order valence-electron chi connectivity index (χ0n) is 62.5. The summed E-state index contributed by atoms with van der Waals surface area (Å²) < 4.78 is 30.3. The number of allylic oxidation sites excluding steroid dienone is 1. The Hall–Kier alpha value is -8.46. The lowest BCUT2D eigenvalue weighted by atomic mass is 9.82. The van der Waals surface area contributed by atoms with Crippen molar-refractivity contribution in [3.8, 4) is 0 Å². The number of aromatic amines is 1. The number of ether oxygens (including phenoxy) is 5. The first kappa shape index (κ1) is 88.4. The molecule has 0 radical (unpaired) electrons. The number of H-pyrrole nitrogens is 1. The van der Waals surface area contributed by atoms with Crippen LogP contribution in [0.2, 0.25) is 0 Å². The van der Waals surface area contributed by atoms with Gasteiger partial charge in [-0.3, -0.25) is 52.8 Å². The Morgan fingerprint density at radius 1 is 0.676 bits per heavy atom. The van der Waals surface area contributed by atoms with E-state index in [1.165, 1.54) is 50.0 Å². The van der Waals surface area contributed by atoms with Gasteiger partial charge in [0, 0.05) is 90.8 Å². The molecule has 5 heterocycles. The molecule has 17 atom stereocenters. The van der Waals surface area contributed by atoms with Crippen LogP contribution in [0.3, 0.4) is 0 Å². The third kappa shape index (κ3) is 27.0. The molecule has 1 aromatic heterocycles. The lowest BCUT2D eigenvalue weighted by molar-refractivity contribution is -0.265. The Balaban J connectivity index is 1.04. The molecule has 16 N–H and O–H groups in total. The van der Waals surface area contributed by atoms with E-state index < -0.39 is 182 Å². The summed E-state index contributed by atoms with van der Waals surface area (Å²) in [5, 5.41) is 96.5. The molecule has 0 saturated carbocycles. The molecule has 36 heteroatoms. The van der Waals surface area contributed by atoms with Gasteiger partial charge in [0.2, 0.25) is 41.4 Å². The average Bonchev–Trinajstić information content (AvgIpc) is 0.781. The van der Waals surface area contributed by atoms with Crippen molar-refractivity contribution >= 4 is 65.3 Å². The molecule has 108 heavy (non-hydrogen) atoms. The number of likely N-dealkylation sites (N-methyl/N-ethyl adjacent to an activating group) is 2. The minimum Gasteiger partial charge on any atom is -0.447 e. The number of primary amides is 1. The van der Waals surface area contributed by atoms with Crippen LogP contribution < -0.4 is 48.9 Å². The first-order valence-electron chi connectivity index (χ1n) is 37.2. The van der Waals surface area contributed by atoms with Gasteiger partial charge in [0.15, 0.2) is 6.23 Å². The van der Waals surface area contributed by atoms with Crippen LogP contribution in [0, 0.1) is 11.8 Å². The second-order valence-electron chi connectivity index (χ2n) is 28.8. The van der Waals surface area contributed by atoms with E-state index in [-0.39, 0.29) is 76.7 Å². The number of hydrogen-bond acceptors (Lipinski definition) is 24. The predicted octanol–water partition coefficient (Wildman–Crippen LogP) is -0.343. The van der Waals surface area contributed by atoms with E-state index in [4.69, 9.17) is 29.4 Å². The number of amides is 11. The second-order valence-corrected chi connectivity index (χ2v) is 28.8. The number of aliphatic hydroxyl groups excluding tert-OH is 7. The molecule has 4 saturated heterocycles. The molecule has 11 amide bonds. The first-order chi connectivity index (χ1) is 51.3. The third-order valence-electron chi connectivity index (χ3n) is 19.4. The summed E-state index contributed by atoms with van der Waals surface area (Å²) in [6.07, 6.45) is -10.8. The number of anilines is 1. The van der Waals surface area contributed by atoms with Crippen LogP contribution in [0.4, 0.5) is 20.1 Å². The van der Waals surface area contributed by atoms with E-state index in [9.17, 15) is 93.3 Å². The Morgan fingerprint density at radius 2 is 1.27 bits per heavy atom. The van der Waals surface area contributed by atoms with Crippen molar-refractivity contribution in [2.45, 2.75) is 260 Å². The fourth-order valence-electron chi connectivity index (χ4n) is 13.1. The summed E-state index contributed by atoms with van der Waals surface area (Å²) in [6, 6.07) is 0.965. The van der Waals surface area contributed by atoms with Gasteiger partial charge in [-0.2, -0.15) is 0 Å². The molecule has 4 aliphatic heterocycles. The number of aliphatic hydroxyl groups is 7. The lowest BCUT2D eigenvalue weighted by Crippen LogP contribution is -2.73. The summed E-state index contributed by atoms with van der Waals surface area (Å²) in [6.45, 7) is 8.02. The van der Waals surface area contributed by atoms with Crippen molar-refractivity contribution in [3.63, 3.8) is 0 Å². The topological polar surface area (TPSA) is 521 Å². The number of unbranched alkanes of at least 4 members (excludes halogenated alkanes) is 9. The van der Waals surface area contributed by atoms with E-state index >= 15 is 0 Å². The Kier molecular flexibility index (Phi) is 35.8. The SMILES string of the molecule is CC(=O)N[C@H]1C([C@@H]2O[C@H](C[C@@H](O)[C@H]3O[C@@H](n4ccc(=O)[nH]c4=O)[C@H](O)[C@@H]3O)[C@H](O)[C@H](O)[C@H]2NC(=O)/C=C\CCCCCCCCCC(C)C)O[C@H](COC(=O)N(C)CCN(C)C(=O)OCc2ccc(NC(=O)C(CCCNC(N)=O)NC(=O)C(NC(=O)CCCCCN3C(=O)CCC3=O)C(C)C)cc2)[C@@H](O)[C@@H]1O. The van der Waals surface area contributed by atoms with Crippen molar-refractivity contribution < 1.29 is 107 Å². The fourth-order valence-corrected chi connectivity index (χ4v) is 13.1. The maximum Gasteiger partial charge on any atom is 0.409 e. The minimum absolute atomic E-state index is 0.0564. The summed E-state index contributed by atoms with van der Waals surface area (Å²) in [4.78, 5) is 159. The number of benzene rings is 1. The number of nitrogens with one attached hydrogen (secondary N) is 7. The molecular weight excluding hydrogens is 1420 g/mol. The molecule has 0 spiro atoms. The molecule has 36 nitrogen and oxygen atoms in total. The zero-order valence-corrected chi connectivity index (χ0v) is 62.5. The van der Waals surface area contributed by atoms with Gasteiger partial charge in [-0.05, 0) is 74.1 Å². The molecule has 604 valence electrons. The smallest absolute Gasteiger partial charge is 0.409 e. The van der Waals surface area contributed by atoms with Crippen LogP contribution in [-0.2, 0) is 63.9 Å². The highest BCUT2D eigenvalue weighted by Gasteiger charge is 2.57. The van der Waals surface area contributed by atoms with E-state index in [1.54, 1.807) is 32.1 Å². The number of nitrogens with two attached hydrogens (primary N) is 1. The van der Waals surface area contributed by atoms with Crippen LogP contribution in [0.5, 0.6) is 0 Å². The van der Waals surface area contributed by atoms with Gasteiger partial charge >= 0.3 is 23.9 Å². The zero-order chi connectivity index (χ0) is 79.5. The Morgan fingerprint density at radius 3 is 1.88 bits per heavy atom. The number of imide groups is 1. The number of nitrogens with zero attached hydrogens (tertiary/aromatic N) is 4. The number of carbonyl (C=O) groups excluding carboxylic acids is 10. The van der Waals surface area contributed by atoms with Crippen LogP contribution in [0.15, 0.2) is 58.3 Å². The van der Waals surface area contributed by atoms with Crippen LogP contribution in [0.25, 0.3) is 0 Å².